The number of benzene rings is 2. The zero-order valence-electron chi connectivity index (χ0n) is 15.9. The van der Waals surface area contributed by atoms with Crippen LogP contribution in [0.4, 0.5) is 15.8 Å². The zero-order chi connectivity index (χ0) is 20.8. The van der Waals surface area contributed by atoms with Gasteiger partial charge in [-0.2, -0.15) is 0 Å². The number of hydrogen-bond acceptors (Lipinski definition) is 5. The van der Waals surface area contributed by atoms with E-state index < -0.39 is 11.1 Å². The second-order valence-corrected chi connectivity index (χ2v) is 7.66. The van der Waals surface area contributed by atoms with Gasteiger partial charge in [-0.25, -0.2) is 9.29 Å². The van der Waals surface area contributed by atoms with Crippen molar-refractivity contribution in [1.82, 2.24) is 0 Å². The molecule has 29 heavy (non-hydrogen) atoms. The van der Waals surface area contributed by atoms with E-state index in [1.54, 1.807) is 24.3 Å². The van der Waals surface area contributed by atoms with Crippen LogP contribution in [0.3, 0.4) is 0 Å². The van der Waals surface area contributed by atoms with Crippen molar-refractivity contribution >= 4 is 40.9 Å². The molecule has 0 saturated carbocycles. The van der Waals surface area contributed by atoms with E-state index in [4.69, 9.17) is 4.74 Å². The summed E-state index contributed by atoms with van der Waals surface area (Å²) in [5.74, 6) is -0.655. The van der Waals surface area contributed by atoms with Gasteiger partial charge < -0.3 is 10.1 Å². The quantitative estimate of drug-likeness (QED) is 0.666. The van der Waals surface area contributed by atoms with Crippen molar-refractivity contribution in [2.24, 2.45) is 0 Å². The first kappa shape index (κ1) is 20.9. The maximum atomic E-state index is 12.9. The second-order valence-electron chi connectivity index (χ2n) is 6.47. The Labute approximate surface area is 172 Å². The van der Waals surface area contributed by atoms with E-state index in [2.05, 4.69) is 5.32 Å². The molecule has 0 radical (unpaired) electrons. The van der Waals surface area contributed by atoms with Crippen LogP contribution in [-0.2, 0) is 14.4 Å². The molecule has 3 rings (SSSR count). The lowest BCUT2D eigenvalue weighted by molar-refractivity contribution is -0.121. The third kappa shape index (κ3) is 5.35. The minimum Gasteiger partial charge on any atom is -0.494 e. The molecule has 2 aromatic rings. The number of imide groups is 1. The summed E-state index contributed by atoms with van der Waals surface area (Å²) in [4.78, 5) is 38.2. The first-order chi connectivity index (χ1) is 14.0. The third-order valence-electron chi connectivity index (χ3n) is 4.22. The van der Waals surface area contributed by atoms with Crippen molar-refractivity contribution in [3.63, 3.8) is 0 Å². The molecule has 0 unspecified atom stereocenters. The minimum absolute atomic E-state index is 0.0126. The number of anilines is 2. The molecule has 8 heteroatoms. The fraction of sp³-hybridized carbons (Fsp3) is 0.286. The molecule has 0 spiro atoms. The summed E-state index contributed by atoms with van der Waals surface area (Å²) in [5.41, 5.74) is 0.959. The van der Waals surface area contributed by atoms with Gasteiger partial charge in [0, 0.05) is 12.1 Å². The molecule has 1 saturated heterocycles. The van der Waals surface area contributed by atoms with Gasteiger partial charge in [-0.1, -0.05) is 6.92 Å². The molecule has 1 heterocycles. The summed E-state index contributed by atoms with van der Waals surface area (Å²) in [6.45, 7) is 2.60. The standard InChI is InChI=1S/C21H21FN2O4S/c1-2-11-28-17-9-7-16(8-10-17)24-20(26)12-18(21(24)27)29-13-19(25)23-15-5-3-14(22)4-6-15/h3-10,18H,2,11-13H2,1H3,(H,23,25)/t18-/m0/s1. The Balaban J connectivity index is 1.55. The smallest absolute Gasteiger partial charge is 0.247 e. The van der Waals surface area contributed by atoms with Crippen molar-refractivity contribution in [3.05, 3.63) is 54.3 Å². The van der Waals surface area contributed by atoms with Gasteiger partial charge in [0.2, 0.25) is 17.7 Å². The van der Waals surface area contributed by atoms with E-state index in [1.807, 2.05) is 6.92 Å². The average molecular weight is 416 g/mol. The maximum absolute atomic E-state index is 12.9. The molecule has 2 aromatic carbocycles. The molecule has 1 fully saturated rings. The fourth-order valence-electron chi connectivity index (χ4n) is 2.82. The first-order valence-electron chi connectivity index (χ1n) is 9.24. The number of halogens is 1. The van der Waals surface area contributed by atoms with Gasteiger partial charge in [0.15, 0.2) is 0 Å². The van der Waals surface area contributed by atoms with Crippen LogP contribution in [0.5, 0.6) is 5.75 Å². The predicted octanol–water partition coefficient (Wildman–Crippen LogP) is 3.62. The fourth-order valence-corrected chi connectivity index (χ4v) is 3.76. The molecule has 0 aromatic heterocycles. The molecule has 6 nitrogen and oxygen atoms in total. The van der Waals surface area contributed by atoms with E-state index in [-0.39, 0.29) is 29.9 Å². The largest absolute Gasteiger partial charge is 0.494 e. The lowest BCUT2D eigenvalue weighted by atomic mass is 10.3. The van der Waals surface area contributed by atoms with E-state index in [0.29, 0.717) is 23.7 Å². The van der Waals surface area contributed by atoms with E-state index in [1.165, 1.54) is 24.3 Å². The van der Waals surface area contributed by atoms with Gasteiger partial charge in [-0.15, -0.1) is 11.8 Å². The summed E-state index contributed by atoms with van der Waals surface area (Å²) in [7, 11) is 0. The average Bonchev–Trinajstić information content (AvgIpc) is 3.00. The first-order valence-corrected chi connectivity index (χ1v) is 10.3. The van der Waals surface area contributed by atoms with Crippen LogP contribution in [0.25, 0.3) is 0 Å². The minimum atomic E-state index is -0.613. The molecule has 1 aliphatic rings. The van der Waals surface area contributed by atoms with Gasteiger partial charge in [0.1, 0.15) is 11.6 Å². The SMILES string of the molecule is CCCOc1ccc(N2C(=O)C[C@H](SCC(=O)Nc3ccc(F)cc3)C2=O)cc1. The second kappa shape index (κ2) is 9.56. The Bertz CT molecular complexity index is 887. The number of rotatable bonds is 8. The molecule has 152 valence electrons. The summed E-state index contributed by atoms with van der Waals surface area (Å²) < 4.78 is 18.4. The van der Waals surface area contributed by atoms with Crippen molar-refractivity contribution in [2.75, 3.05) is 22.6 Å². The predicted molar refractivity (Wildman–Crippen MR) is 111 cm³/mol. The highest BCUT2D eigenvalue weighted by Gasteiger charge is 2.40. The van der Waals surface area contributed by atoms with Gasteiger partial charge in [-0.3, -0.25) is 14.4 Å². The van der Waals surface area contributed by atoms with Gasteiger partial charge >= 0.3 is 0 Å². The number of nitrogens with one attached hydrogen (secondary N) is 1. The van der Waals surface area contributed by atoms with E-state index >= 15 is 0 Å². The highest BCUT2D eigenvalue weighted by molar-refractivity contribution is 8.01. The van der Waals surface area contributed by atoms with Crippen LogP contribution in [0.15, 0.2) is 48.5 Å². The van der Waals surface area contributed by atoms with Crippen LogP contribution in [0.1, 0.15) is 19.8 Å². The van der Waals surface area contributed by atoms with Crippen molar-refractivity contribution in [1.29, 1.82) is 0 Å². The number of ether oxygens (including phenoxy) is 1. The molecule has 1 atom stereocenters. The zero-order valence-corrected chi connectivity index (χ0v) is 16.7. The lowest BCUT2D eigenvalue weighted by Gasteiger charge is -2.15. The number of amides is 3. The van der Waals surface area contributed by atoms with Crippen LogP contribution >= 0.6 is 11.8 Å². The monoisotopic (exact) mass is 416 g/mol. The molecule has 3 amide bonds. The van der Waals surface area contributed by atoms with Crippen LogP contribution < -0.4 is 15.0 Å². The van der Waals surface area contributed by atoms with Gasteiger partial charge in [-0.05, 0) is 55.0 Å². The highest BCUT2D eigenvalue weighted by Crippen LogP contribution is 2.30. The molecule has 1 aliphatic heterocycles. The number of hydrogen-bond donors (Lipinski definition) is 1. The summed E-state index contributed by atoms with van der Waals surface area (Å²) >= 11 is 1.12. The Kier molecular flexibility index (Phi) is 6.87. The topological polar surface area (TPSA) is 75.7 Å². The summed E-state index contributed by atoms with van der Waals surface area (Å²) in [6.07, 6.45) is 0.930. The van der Waals surface area contributed by atoms with Crippen LogP contribution in [0, 0.1) is 5.82 Å². The Morgan fingerprint density at radius 2 is 1.86 bits per heavy atom. The molecular weight excluding hydrogens is 395 g/mol. The maximum Gasteiger partial charge on any atom is 0.247 e. The Morgan fingerprint density at radius 3 is 2.52 bits per heavy atom. The third-order valence-corrected chi connectivity index (χ3v) is 5.42. The van der Waals surface area contributed by atoms with Crippen LogP contribution in [0.2, 0.25) is 0 Å². The molecule has 0 aliphatic carbocycles. The number of nitrogens with zero attached hydrogens (tertiary/aromatic N) is 1. The normalized spacial score (nSPS) is 16.2. The van der Waals surface area contributed by atoms with Crippen molar-refractivity contribution < 1.29 is 23.5 Å². The number of carbonyl (C=O) groups excluding carboxylic acids is 3. The van der Waals surface area contributed by atoms with Crippen molar-refractivity contribution in [3.8, 4) is 5.75 Å². The molecule has 0 bridgehead atoms. The van der Waals surface area contributed by atoms with E-state index in [9.17, 15) is 18.8 Å². The van der Waals surface area contributed by atoms with Crippen LogP contribution in [-0.4, -0.2) is 35.3 Å². The number of thioether (sulfide) groups is 1. The van der Waals surface area contributed by atoms with Gasteiger partial charge in [0.05, 0.1) is 23.3 Å². The Hall–Kier alpha value is -2.87. The lowest BCUT2D eigenvalue weighted by Crippen LogP contribution is -2.31. The molecular formula is C21H21FN2O4S. The number of carbonyl (C=O) groups is 3. The summed E-state index contributed by atoms with van der Waals surface area (Å²) in [6, 6.07) is 12.2. The van der Waals surface area contributed by atoms with E-state index in [0.717, 1.165) is 23.1 Å². The van der Waals surface area contributed by atoms with Gasteiger partial charge in [0.25, 0.3) is 0 Å². The summed E-state index contributed by atoms with van der Waals surface area (Å²) in [5, 5.41) is 2.02. The van der Waals surface area contributed by atoms with Crippen molar-refractivity contribution in [2.45, 2.75) is 25.0 Å². The molecule has 1 N–H and O–H groups in total. The highest BCUT2D eigenvalue weighted by atomic mass is 32.2. The Morgan fingerprint density at radius 1 is 1.17 bits per heavy atom.